The number of rotatable bonds is 6. The number of carbonyl (C=O) groups excluding carboxylic acids is 1. The molecule has 240 valence electrons. The number of thiazole rings is 1. The van der Waals surface area contributed by atoms with Crippen molar-refractivity contribution in [3.05, 3.63) is 52.8 Å². The molecule has 4 aromatic rings. The summed E-state index contributed by atoms with van der Waals surface area (Å²) < 4.78 is 79.0. The maximum Gasteiger partial charge on any atom is 0.282 e. The summed E-state index contributed by atoms with van der Waals surface area (Å²) in [7, 11) is 1.52. The van der Waals surface area contributed by atoms with Gasteiger partial charge in [0.2, 0.25) is 5.88 Å². The minimum atomic E-state index is -2.93. The van der Waals surface area contributed by atoms with Crippen molar-refractivity contribution in [1.82, 2.24) is 19.8 Å². The molecule has 9 nitrogen and oxygen atoms in total. The van der Waals surface area contributed by atoms with Crippen LogP contribution in [0.5, 0.6) is 5.88 Å². The molecule has 6 rings (SSSR count). The van der Waals surface area contributed by atoms with Crippen molar-refractivity contribution in [2.24, 2.45) is 0 Å². The highest BCUT2D eigenvalue weighted by atomic mass is 35.5. The van der Waals surface area contributed by atoms with Gasteiger partial charge in [-0.25, -0.2) is 31.9 Å². The number of hydrogen-bond acceptors (Lipinski definition) is 9. The zero-order valence-electron chi connectivity index (χ0n) is 24.2. The van der Waals surface area contributed by atoms with Crippen molar-refractivity contribution in [2.45, 2.75) is 18.4 Å². The molecule has 2 fully saturated rings. The second-order valence-electron chi connectivity index (χ2n) is 11.1. The number of nitrogen functional groups attached to an aromatic ring is 1. The van der Waals surface area contributed by atoms with Gasteiger partial charge >= 0.3 is 0 Å². The molecule has 2 aromatic heterocycles. The highest BCUT2D eigenvalue weighted by Gasteiger charge is 2.43. The van der Waals surface area contributed by atoms with Crippen LogP contribution in [0.2, 0.25) is 5.02 Å². The fourth-order valence-electron chi connectivity index (χ4n) is 5.99. The van der Waals surface area contributed by atoms with Crippen molar-refractivity contribution >= 4 is 60.8 Å². The number of anilines is 2. The molecular weight excluding hydrogens is 653 g/mol. The third kappa shape index (κ3) is 5.54. The minimum absolute atomic E-state index is 0.0572. The number of benzene rings is 2. The molecular formula is C30H25ClF5N7O2S. The number of amides is 1. The third-order valence-electron chi connectivity index (χ3n) is 8.17. The van der Waals surface area contributed by atoms with E-state index in [1.807, 2.05) is 0 Å². The zero-order chi connectivity index (χ0) is 33.1. The summed E-state index contributed by atoms with van der Waals surface area (Å²) in [6, 6.07) is 5.22. The van der Waals surface area contributed by atoms with Crippen molar-refractivity contribution < 1.29 is 31.5 Å². The van der Waals surface area contributed by atoms with E-state index in [1.165, 1.54) is 29.0 Å². The fourth-order valence-corrected chi connectivity index (χ4v) is 7.05. The first kappa shape index (κ1) is 31.7. The van der Waals surface area contributed by atoms with Crippen LogP contribution >= 0.6 is 22.9 Å². The summed E-state index contributed by atoms with van der Waals surface area (Å²) in [4.78, 5) is 25.1. The second kappa shape index (κ2) is 11.8. The van der Waals surface area contributed by atoms with Gasteiger partial charge in [-0.15, -0.1) is 0 Å². The summed E-state index contributed by atoms with van der Waals surface area (Å²) in [5.74, 6) is -6.73. The van der Waals surface area contributed by atoms with Gasteiger partial charge < -0.3 is 20.3 Å². The molecule has 2 aromatic carbocycles. The molecule has 2 aliphatic rings. The molecule has 2 saturated heterocycles. The van der Waals surface area contributed by atoms with Gasteiger partial charge in [0.05, 0.1) is 27.5 Å². The first-order valence-electron chi connectivity index (χ1n) is 14.0. The number of pyridine rings is 1. The van der Waals surface area contributed by atoms with Gasteiger partial charge in [0.15, 0.2) is 16.8 Å². The van der Waals surface area contributed by atoms with Crippen LogP contribution in [-0.4, -0.2) is 84.0 Å². The van der Waals surface area contributed by atoms with E-state index in [2.05, 4.69) is 22.6 Å². The van der Waals surface area contributed by atoms with E-state index in [1.54, 1.807) is 4.90 Å². The number of ether oxygens (including phenoxy) is 1. The molecule has 16 heteroatoms. The van der Waals surface area contributed by atoms with Crippen LogP contribution in [0, 0.1) is 23.0 Å². The maximum atomic E-state index is 16.7. The molecule has 0 unspecified atom stereocenters. The molecule has 0 spiro atoms. The Labute approximate surface area is 268 Å². The monoisotopic (exact) mass is 677 g/mol. The number of alkyl halides is 2. The highest BCUT2D eigenvalue weighted by Crippen LogP contribution is 2.45. The Morgan fingerprint density at radius 1 is 1.24 bits per heavy atom. The molecule has 0 aliphatic carbocycles. The van der Waals surface area contributed by atoms with Crippen molar-refractivity contribution in [1.29, 1.82) is 5.26 Å². The van der Waals surface area contributed by atoms with Gasteiger partial charge in [-0.05, 0) is 25.2 Å². The number of fused-ring (bicyclic) bond motifs is 2. The lowest BCUT2D eigenvalue weighted by Crippen LogP contribution is -2.49. The smallest absolute Gasteiger partial charge is 0.282 e. The number of likely N-dealkylation sites (tertiary alicyclic amines) is 1. The van der Waals surface area contributed by atoms with Gasteiger partial charge in [0, 0.05) is 55.2 Å². The van der Waals surface area contributed by atoms with Gasteiger partial charge in [-0.2, -0.15) is 5.26 Å². The van der Waals surface area contributed by atoms with Gasteiger partial charge in [0.25, 0.3) is 11.8 Å². The van der Waals surface area contributed by atoms with Crippen LogP contribution in [0.15, 0.2) is 30.6 Å². The maximum absolute atomic E-state index is 16.7. The molecule has 0 radical (unpaired) electrons. The topological polar surface area (TPSA) is 112 Å². The first-order chi connectivity index (χ1) is 21.8. The number of hydrogen-bond donors (Lipinski definition) is 1. The normalized spacial score (nSPS) is 18.3. The second-order valence-corrected chi connectivity index (χ2v) is 12.6. The summed E-state index contributed by atoms with van der Waals surface area (Å²) in [5.41, 5.74) is 5.75. The van der Waals surface area contributed by atoms with Crippen LogP contribution in [0.1, 0.15) is 12.0 Å². The average Bonchev–Trinajstić information content (AvgIpc) is 3.53. The number of nitrogens with two attached hydrogens (primary N) is 1. The lowest BCUT2D eigenvalue weighted by Gasteiger charge is -2.37. The Hall–Kier alpha value is -4.26. The first-order valence-corrected chi connectivity index (χ1v) is 15.2. The van der Waals surface area contributed by atoms with Gasteiger partial charge in [-0.1, -0.05) is 29.5 Å². The number of likely N-dealkylation sites (N-methyl/N-ethyl adjacent to an activating group) is 1. The predicted octanol–water partition coefficient (Wildman–Crippen LogP) is 5.75. The summed E-state index contributed by atoms with van der Waals surface area (Å²) in [6.07, 6.45) is -0.479. The van der Waals surface area contributed by atoms with Gasteiger partial charge in [-0.3, -0.25) is 9.69 Å². The summed E-state index contributed by atoms with van der Waals surface area (Å²) >= 11 is 7.58. The van der Waals surface area contributed by atoms with Crippen LogP contribution in [0.4, 0.5) is 32.8 Å². The standard InChI is InChI=1S/C30H25ClF5N7O2S/c1-14(32)28(44)43-7-5-42(6-8-43)25-17-9-19(31)21(16-3-4-20(33)26-24(16)40-29(38)46-26)22(34)23(17)39-27(18(25)11-37)45-12-15-10-30(35,36)13-41(15)2/h3-4,9,15H,1,5-8,10,12-13H2,2H3,(H2,38,40)/t15-/m0/s1. The van der Waals surface area contributed by atoms with Crippen LogP contribution in [-0.2, 0) is 4.79 Å². The molecule has 0 saturated carbocycles. The van der Waals surface area contributed by atoms with Crippen molar-refractivity contribution in [2.75, 3.05) is 57.0 Å². The Kier molecular flexibility index (Phi) is 8.16. The van der Waals surface area contributed by atoms with E-state index in [9.17, 15) is 27.6 Å². The molecule has 2 aliphatic heterocycles. The summed E-state index contributed by atoms with van der Waals surface area (Å²) in [5, 5.41) is 10.4. The van der Waals surface area contributed by atoms with Crippen LogP contribution in [0.25, 0.3) is 32.2 Å². The largest absolute Gasteiger partial charge is 0.475 e. The lowest BCUT2D eigenvalue weighted by molar-refractivity contribution is -0.128. The van der Waals surface area contributed by atoms with E-state index in [-0.39, 0.29) is 92.3 Å². The SMILES string of the molecule is C=C(F)C(=O)N1CCN(c2c(C#N)c(OC[C@@H]3CC(F)(F)CN3C)nc3c(F)c(-c4ccc(F)c5sc(N)nc45)c(Cl)cc23)CC1. The van der Waals surface area contributed by atoms with E-state index in [4.69, 9.17) is 22.1 Å². The Balaban J connectivity index is 1.51. The molecule has 0 bridgehead atoms. The molecule has 1 atom stereocenters. The van der Waals surface area contributed by atoms with E-state index >= 15 is 4.39 Å². The fraction of sp³-hybridized carbons (Fsp3) is 0.333. The number of nitrogens with zero attached hydrogens (tertiary/aromatic N) is 6. The number of aromatic nitrogens is 2. The number of halogens is 6. The Morgan fingerprint density at radius 3 is 2.59 bits per heavy atom. The quantitative estimate of drug-likeness (QED) is 0.203. The summed E-state index contributed by atoms with van der Waals surface area (Å²) in [6.45, 7) is 2.66. The Bertz CT molecular complexity index is 1960. The van der Waals surface area contributed by atoms with E-state index in [0.717, 1.165) is 17.4 Å². The highest BCUT2D eigenvalue weighted by molar-refractivity contribution is 7.22. The molecule has 4 heterocycles. The number of nitriles is 1. The zero-order valence-corrected chi connectivity index (χ0v) is 25.8. The Morgan fingerprint density at radius 2 is 1.96 bits per heavy atom. The van der Waals surface area contributed by atoms with Crippen molar-refractivity contribution in [3.8, 4) is 23.1 Å². The van der Waals surface area contributed by atoms with E-state index < -0.39 is 48.3 Å². The predicted molar refractivity (Wildman–Crippen MR) is 165 cm³/mol. The van der Waals surface area contributed by atoms with E-state index in [0.29, 0.717) is 0 Å². The van der Waals surface area contributed by atoms with Gasteiger partial charge in [0.1, 0.15) is 29.6 Å². The average molecular weight is 678 g/mol. The third-order valence-corrected chi connectivity index (χ3v) is 9.36. The lowest BCUT2D eigenvalue weighted by atomic mass is 9.99. The van der Waals surface area contributed by atoms with Crippen molar-refractivity contribution in [3.63, 3.8) is 0 Å². The molecule has 1 amide bonds. The van der Waals surface area contributed by atoms with Crippen LogP contribution in [0.3, 0.4) is 0 Å². The number of piperazine rings is 1. The minimum Gasteiger partial charge on any atom is -0.475 e. The number of carbonyl (C=O) groups is 1. The van der Waals surface area contributed by atoms with Crippen LogP contribution < -0.4 is 15.4 Å². The molecule has 2 N–H and O–H groups in total. The molecule has 46 heavy (non-hydrogen) atoms.